The number of hydrogen-bond donors (Lipinski definition) is 2. The lowest BCUT2D eigenvalue weighted by Crippen LogP contribution is -2.55. The van der Waals surface area contributed by atoms with Gasteiger partial charge in [-0.25, -0.2) is 4.98 Å². The van der Waals surface area contributed by atoms with E-state index in [2.05, 4.69) is 37.5 Å². The first-order valence-electron chi connectivity index (χ1n) is 9.47. The van der Waals surface area contributed by atoms with Crippen molar-refractivity contribution in [3.05, 3.63) is 29.3 Å². The van der Waals surface area contributed by atoms with Crippen LogP contribution in [0.5, 0.6) is 0 Å². The van der Waals surface area contributed by atoms with Crippen molar-refractivity contribution in [2.75, 3.05) is 6.54 Å². The summed E-state index contributed by atoms with van der Waals surface area (Å²) in [5.74, 6) is 0.192. The van der Waals surface area contributed by atoms with Crippen molar-refractivity contribution in [3.8, 4) is 0 Å². The maximum absolute atomic E-state index is 13.2. The molecule has 1 saturated heterocycles. The highest BCUT2D eigenvalue weighted by Crippen LogP contribution is 2.34. The van der Waals surface area contributed by atoms with E-state index in [1.54, 1.807) is 11.3 Å². The highest BCUT2D eigenvalue weighted by atomic mass is 35.5. The minimum Gasteiger partial charge on any atom is -0.351 e. The van der Waals surface area contributed by atoms with Crippen LogP contribution in [0.3, 0.4) is 0 Å². The van der Waals surface area contributed by atoms with Crippen LogP contribution in [0.1, 0.15) is 51.5 Å². The van der Waals surface area contributed by atoms with Gasteiger partial charge < -0.3 is 10.6 Å². The molecule has 2 heterocycles. The summed E-state index contributed by atoms with van der Waals surface area (Å²) >= 11 is 1.72. The van der Waals surface area contributed by atoms with Crippen molar-refractivity contribution in [3.63, 3.8) is 0 Å². The van der Waals surface area contributed by atoms with Crippen LogP contribution in [-0.4, -0.2) is 29.5 Å². The van der Waals surface area contributed by atoms with Gasteiger partial charge in [0.05, 0.1) is 20.6 Å². The van der Waals surface area contributed by atoms with Crippen molar-refractivity contribution in [1.82, 2.24) is 15.6 Å². The summed E-state index contributed by atoms with van der Waals surface area (Å²) in [5, 5.41) is 7.87. The van der Waals surface area contributed by atoms with Gasteiger partial charge in [0.15, 0.2) is 0 Å². The first-order valence-corrected chi connectivity index (χ1v) is 10.3. The van der Waals surface area contributed by atoms with E-state index in [1.807, 2.05) is 18.2 Å². The van der Waals surface area contributed by atoms with Crippen molar-refractivity contribution in [2.24, 2.45) is 5.41 Å². The highest BCUT2D eigenvalue weighted by Gasteiger charge is 2.38. The van der Waals surface area contributed by atoms with E-state index in [-0.39, 0.29) is 42.2 Å². The van der Waals surface area contributed by atoms with E-state index >= 15 is 0 Å². The molecule has 7 heteroatoms. The maximum Gasteiger partial charge on any atom is 0.226 e. The van der Waals surface area contributed by atoms with E-state index in [4.69, 9.17) is 4.98 Å². The van der Waals surface area contributed by atoms with E-state index in [9.17, 15) is 4.79 Å². The molecule has 2 N–H and O–H groups in total. The largest absolute Gasteiger partial charge is 0.351 e. The SMILES string of the molecule is CCC(CC)(Cc1nc2ccccc2s1)C(=O)NC1CCCNC1C.Cl.Cl. The van der Waals surface area contributed by atoms with Gasteiger partial charge in [0, 0.05) is 18.5 Å². The van der Waals surface area contributed by atoms with Crippen LogP contribution < -0.4 is 10.6 Å². The average Bonchev–Trinajstić information content (AvgIpc) is 3.04. The molecule has 3 rings (SSSR count). The molecule has 1 aliphatic heterocycles. The Balaban J connectivity index is 0.00000182. The zero-order valence-electron chi connectivity index (χ0n) is 16.3. The predicted molar refractivity (Wildman–Crippen MR) is 119 cm³/mol. The Kier molecular flexibility index (Phi) is 9.49. The van der Waals surface area contributed by atoms with Gasteiger partial charge >= 0.3 is 0 Å². The molecule has 1 aromatic heterocycles. The number of nitrogens with one attached hydrogen (secondary N) is 2. The molecular formula is C20H31Cl2N3OS. The molecule has 0 saturated carbocycles. The highest BCUT2D eigenvalue weighted by molar-refractivity contribution is 7.18. The molecule has 27 heavy (non-hydrogen) atoms. The second-order valence-corrected chi connectivity index (χ2v) is 8.32. The van der Waals surface area contributed by atoms with Crippen molar-refractivity contribution < 1.29 is 4.79 Å². The Morgan fingerprint density at radius 1 is 1.30 bits per heavy atom. The van der Waals surface area contributed by atoms with Gasteiger partial charge in [0.2, 0.25) is 5.91 Å². The lowest BCUT2D eigenvalue weighted by atomic mass is 9.78. The number of carbonyl (C=O) groups is 1. The molecule has 1 amide bonds. The third-order valence-corrected chi connectivity index (χ3v) is 6.78. The Labute approximate surface area is 178 Å². The quantitative estimate of drug-likeness (QED) is 0.693. The number of halogens is 2. The van der Waals surface area contributed by atoms with Gasteiger partial charge in [-0.05, 0) is 51.3 Å². The van der Waals surface area contributed by atoms with Gasteiger partial charge in [-0.1, -0.05) is 26.0 Å². The first-order chi connectivity index (χ1) is 12.1. The molecule has 0 bridgehead atoms. The summed E-state index contributed by atoms with van der Waals surface area (Å²) in [4.78, 5) is 18.0. The van der Waals surface area contributed by atoms with Gasteiger partial charge in [-0.3, -0.25) is 4.79 Å². The molecular weight excluding hydrogens is 401 g/mol. The molecule has 0 spiro atoms. The number of benzene rings is 1. The molecule has 1 aromatic carbocycles. The van der Waals surface area contributed by atoms with Crippen LogP contribution in [0.25, 0.3) is 10.2 Å². The molecule has 2 aromatic rings. The molecule has 0 radical (unpaired) electrons. The Morgan fingerprint density at radius 3 is 2.63 bits per heavy atom. The molecule has 0 aliphatic carbocycles. The fourth-order valence-corrected chi connectivity index (χ4v) is 4.86. The molecule has 2 atom stereocenters. The fourth-order valence-electron chi connectivity index (χ4n) is 3.75. The number of piperidine rings is 1. The third-order valence-electron chi connectivity index (χ3n) is 5.74. The van der Waals surface area contributed by atoms with Gasteiger partial charge in [0.25, 0.3) is 0 Å². The number of fused-ring (bicyclic) bond motifs is 1. The minimum atomic E-state index is -0.370. The normalized spacial score (nSPS) is 19.8. The van der Waals surface area contributed by atoms with E-state index < -0.39 is 0 Å². The number of carbonyl (C=O) groups excluding carboxylic acids is 1. The molecule has 4 nitrogen and oxygen atoms in total. The molecule has 152 valence electrons. The summed E-state index contributed by atoms with van der Waals surface area (Å²) in [6, 6.07) is 8.78. The second-order valence-electron chi connectivity index (χ2n) is 7.20. The first kappa shape index (κ1) is 24.2. The van der Waals surface area contributed by atoms with Gasteiger partial charge in [0.1, 0.15) is 0 Å². The number of para-hydroxylation sites is 1. The minimum absolute atomic E-state index is 0. The monoisotopic (exact) mass is 431 g/mol. The standard InChI is InChI=1S/C20H29N3OS.2ClH/c1-4-20(5-2,19(24)23-15-10-8-12-21-14(15)3)13-18-22-16-9-6-7-11-17(16)25-18;;/h6-7,9,11,14-15,21H,4-5,8,10,12-13H2,1-3H3,(H,23,24);2*1H. The summed E-state index contributed by atoms with van der Waals surface area (Å²) in [6.07, 6.45) is 4.57. The zero-order chi connectivity index (χ0) is 17.9. The van der Waals surface area contributed by atoms with Crippen molar-refractivity contribution in [2.45, 2.75) is 65.0 Å². The summed E-state index contributed by atoms with van der Waals surface area (Å²) in [5.41, 5.74) is 0.666. The number of aromatic nitrogens is 1. The van der Waals surface area contributed by atoms with Crippen LogP contribution in [-0.2, 0) is 11.2 Å². The maximum atomic E-state index is 13.2. The number of hydrogen-bond acceptors (Lipinski definition) is 4. The number of amides is 1. The van der Waals surface area contributed by atoms with Crippen LogP contribution >= 0.6 is 36.2 Å². The number of nitrogens with zero attached hydrogens (tertiary/aromatic N) is 1. The lowest BCUT2D eigenvalue weighted by molar-refractivity contribution is -0.132. The third kappa shape index (κ3) is 5.35. The number of rotatable bonds is 6. The Bertz CT molecular complexity index is 700. The van der Waals surface area contributed by atoms with Crippen LogP contribution in [0.4, 0.5) is 0 Å². The van der Waals surface area contributed by atoms with Gasteiger partial charge in [-0.2, -0.15) is 0 Å². The summed E-state index contributed by atoms with van der Waals surface area (Å²) in [7, 11) is 0. The van der Waals surface area contributed by atoms with Crippen LogP contribution in [0, 0.1) is 5.41 Å². The van der Waals surface area contributed by atoms with Gasteiger partial charge in [-0.15, -0.1) is 36.2 Å². The summed E-state index contributed by atoms with van der Waals surface area (Å²) in [6.45, 7) is 7.46. The van der Waals surface area contributed by atoms with E-state index in [1.165, 1.54) is 4.70 Å². The van der Waals surface area contributed by atoms with Crippen LogP contribution in [0.15, 0.2) is 24.3 Å². The topological polar surface area (TPSA) is 54.0 Å². The molecule has 1 aliphatic rings. The lowest BCUT2D eigenvalue weighted by Gasteiger charge is -2.36. The van der Waals surface area contributed by atoms with E-state index in [0.717, 1.165) is 49.2 Å². The fraction of sp³-hybridized carbons (Fsp3) is 0.600. The smallest absolute Gasteiger partial charge is 0.226 e. The van der Waals surface area contributed by atoms with E-state index in [0.29, 0.717) is 6.04 Å². The molecule has 2 unspecified atom stereocenters. The molecule has 1 fully saturated rings. The average molecular weight is 432 g/mol. The Morgan fingerprint density at radius 2 is 2.00 bits per heavy atom. The van der Waals surface area contributed by atoms with Crippen molar-refractivity contribution in [1.29, 1.82) is 0 Å². The Hall–Kier alpha value is -0.880. The second kappa shape index (κ2) is 10.6. The van der Waals surface area contributed by atoms with Crippen LogP contribution in [0.2, 0.25) is 0 Å². The zero-order valence-corrected chi connectivity index (χ0v) is 18.7. The summed E-state index contributed by atoms with van der Waals surface area (Å²) < 4.78 is 1.20. The number of thiazole rings is 1. The predicted octanol–water partition coefficient (Wildman–Crippen LogP) is 4.75. The van der Waals surface area contributed by atoms with Crippen molar-refractivity contribution >= 4 is 52.3 Å².